The first-order chi connectivity index (χ1) is 4.15. The SMILES string of the molecule is [B]N(S(=O)(=O)F)S(=O)(=O)F. The molecule has 0 aromatic heterocycles. The van der Waals surface area contributed by atoms with E-state index in [0.29, 0.717) is 0 Å². The average Bonchev–Trinajstić information content (AvgIpc) is 1.59. The van der Waals surface area contributed by atoms with Crippen LogP contribution in [0.3, 0.4) is 0 Å². The third kappa shape index (κ3) is 2.58. The normalized spacial score (nSPS) is 13.9. The lowest BCUT2D eigenvalue weighted by molar-refractivity contribution is 0.497. The Labute approximate surface area is 57.8 Å². The fraction of sp³-hybridized carbons (Fsp3) is 0. The summed E-state index contributed by atoms with van der Waals surface area (Å²) in [5, 5.41) is 0. The summed E-state index contributed by atoms with van der Waals surface area (Å²) < 4.78 is 59.3. The maximum absolute atomic E-state index is 11.4. The van der Waals surface area contributed by atoms with Crippen LogP contribution in [0.2, 0.25) is 0 Å². The van der Waals surface area contributed by atoms with Gasteiger partial charge in [0.1, 0.15) is 0 Å². The molecule has 0 bridgehead atoms. The van der Waals surface area contributed by atoms with Gasteiger partial charge in [0.2, 0.25) is 7.98 Å². The van der Waals surface area contributed by atoms with E-state index in [-0.39, 0.29) is 0 Å². The van der Waals surface area contributed by atoms with Crippen LogP contribution in [-0.4, -0.2) is 28.4 Å². The van der Waals surface area contributed by atoms with E-state index in [4.69, 9.17) is 0 Å². The molecule has 58 valence electrons. The van der Waals surface area contributed by atoms with Gasteiger partial charge in [-0.2, -0.15) is 16.8 Å². The first-order valence-electron chi connectivity index (χ1n) is 1.60. The van der Waals surface area contributed by atoms with Crippen molar-refractivity contribution >= 4 is 28.8 Å². The third-order valence-corrected chi connectivity index (χ3v) is 2.36. The van der Waals surface area contributed by atoms with Gasteiger partial charge in [-0.3, -0.25) is 0 Å². The van der Waals surface area contributed by atoms with Crippen LogP contribution in [0.15, 0.2) is 0 Å². The first-order valence-corrected chi connectivity index (χ1v) is 4.28. The number of halogens is 2. The Hall–Kier alpha value is -0.215. The molecule has 5 nitrogen and oxygen atoms in total. The summed E-state index contributed by atoms with van der Waals surface area (Å²) in [5.41, 5.74) is 0. The van der Waals surface area contributed by atoms with E-state index in [2.05, 4.69) is 7.98 Å². The molecule has 0 heterocycles. The van der Waals surface area contributed by atoms with E-state index in [1.807, 2.05) is 0 Å². The van der Waals surface area contributed by atoms with Crippen molar-refractivity contribution < 1.29 is 24.6 Å². The molecular formula is BF2NO4S2. The zero-order valence-corrected chi connectivity index (χ0v) is 5.86. The van der Waals surface area contributed by atoms with Gasteiger partial charge in [-0.25, -0.2) is 0 Å². The summed E-state index contributed by atoms with van der Waals surface area (Å²) in [6, 6.07) is 0. The average molecular weight is 191 g/mol. The second-order valence-electron chi connectivity index (χ2n) is 1.11. The van der Waals surface area contributed by atoms with Gasteiger partial charge in [0, 0.05) is 0 Å². The Kier molecular flexibility index (Phi) is 2.38. The molecule has 0 aliphatic heterocycles. The second-order valence-corrected chi connectivity index (χ2v) is 3.78. The summed E-state index contributed by atoms with van der Waals surface area (Å²) in [6.07, 6.45) is 0. The summed E-state index contributed by atoms with van der Waals surface area (Å²) in [7, 11) is -7.49. The summed E-state index contributed by atoms with van der Waals surface area (Å²) in [4.78, 5) is 0. The smallest absolute Gasteiger partial charge is 0.177 e. The van der Waals surface area contributed by atoms with Crippen LogP contribution >= 0.6 is 0 Å². The van der Waals surface area contributed by atoms with Crippen molar-refractivity contribution in [3.63, 3.8) is 0 Å². The van der Waals surface area contributed by atoms with Gasteiger partial charge in [-0.15, -0.1) is 3.62 Å². The van der Waals surface area contributed by atoms with Crippen LogP contribution in [-0.2, 0) is 20.8 Å². The molecule has 0 N–H and O–H groups in total. The largest absolute Gasteiger partial charge is 0.378 e. The minimum Gasteiger partial charge on any atom is -0.177 e. The van der Waals surface area contributed by atoms with Gasteiger partial charge in [0.15, 0.2) is 0 Å². The molecule has 0 atom stereocenters. The number of nitrogens with zero attached hydrogens (tertiary/aromatic N) is 1. The lowest BCUT2D eigenvalue weighted by atomic mass is 10.5. The molecular weight excluding hydrogens is 191 g/mol. The van der Waals surface area contributed by atoms with Crippen LogP contribution in [0.5, 0.6) is 0 Å². The van der Waals surface area contributed by atoms with Gasteiger partial charge in [-0.05, 0) is 0 Å². The minimum atomic E-state index is -5.71. The molecule has 10 heavy (non-hydrogen) atoms. The van der Waals surface area contributed by atoms with Gasteiger partial charge in [0.05, 0.1) is 0 Å². The molecule has 0 spiro atoms. The Morgan fingerprint density at radius 2 is 1.20 bits per heavy atom. The Bertz CT molecular complexity index is 270. The zero-order valence-electron chi connectivity index (χ0n) is 4.23. The van der Waals surface area contributed by atoms with Crippen LogP contribution in [0, 0.1) is 0 Å². The zero-order chi connectivity index (χ0) is 8.58. The fourth-order valence-electron chi connectivity index (χ4n) is 0.106. The van der Waals surface area contributed by atoms with Crippen LogP contribution in [0.1, 0.15) is 0 Å². The van der Waals surface area contributed by atoms with Crippen molar-refractivity contribution in [3.05, 3.63) is 0 Å². The highest BCUT2D eigenvalue weighted by Gasteiger charge is 2.28. The lowest BCUT2D eigenvalue weighted by Crippen LogP contribution is -2.28. The fourth-order valence-corrected chi connectivity index (χ4v) is 0.957. The quantitative estimate of drug-likeness (QED) is 0.406. The molecule has 0 aliphatic rings. The third-order valence-electron chi connectivity index (χ3n) is 0.430. The highest BCUT2D eigenvalue weighted by atomic mass is 32.3. The van der Waals surface area contributed by atoms with Crippen molar-refractivity contribution in [2.24, 2.45) is 0 Å². The van der Waals surface area contributed by atoms with Crippen molar-refractivity contribution in [1.29, 1.82) is 0 Å². The van der Waals surface area contributed by atoms with E-state index >= 15 is 0 Å². The van der Waals surface area contributed by atoms with E-state index < -0.39 is 24.4 Å². The summed E-state index contributed by atoms with van der Waals surface area (Å²) >= 11 is 0. The molecule has 0 aromatic carbocycles. The van der Waals surface area contributed by atoms with Crippen LogP contribution in [0.25, 0.3) is 0 Å². The van der Waals surface area contributed by atoms with Crippen LogP contribution < -0.4 is 0 Å². The van der Waals surface area contributed by atoms with Crippen molar-refractivity contribution in [3.8, 4) is 0 Å². The van der Waals surface area contributed by atoms with Gasteiger partial charge >= 0.3 is 20.8 Å². The second kappa shape index (κ2) is 2.44. The van der Waals surface area contributed by atoms with E-state index in [1.54, 1.807) is 0 Å². The lowest BCUT2D eigenvalue weighted by Gasteiger charge is -2.03. The number of hydrogen-bond acceptors (Lipinski definition) is 4. The van der Waals surface area contributed by atoms with Crippen molar-refractivity contribution in [2.75, 3.05) is 0 Å². The molecule has 0 amide bonds. The predicted molar refractivity (Wildman–Crippen MR) is 27.6 cm³/mol. The Balaban J connectivity index is 4.94. The van der Waals surface area contributed by atoms with Crippen molar-refractivity contribution in [2.45, 2.75) is 0 Å². The highest BCUT2D eigenvalue weighted by Crippen LogP contribution is 2.06. The molecule has 0 saturated heterocycles. The predicted octanol–water partition coefficient (Wildman–Crippen LogP) is -1.20. The molecule has 0 aliphatic carbocycles. The number of rotatable bonds is 2. The molecule has 0 fully saturated rings. The molecule has 0 rings (SSSR count). The topological polar surface area (TPSA) is 71.5 Å². The van der Waals surface area contributed by atoms with Crippen molar-refractivity contribution in [1.82, 2.24) is 3.62 Å². The molecule has 0 unspecified atom stereocenters. The standard InChI is InChI=1S/BF2NO4S2/c1-4(9(2,5)6)10(3,7)8. The van der Waals surface area contributed by atoms with E-state index in [9.17, 15) is 24.6 Å². The van der Waals surface area contributed by atoms with E-state index in [0.717, 1.165) is 0 Å². The van der Waals surface area contributed by atoms with Gasteiger partial charge in [-0.1, -0.05) is 7.77 Å². The maximum Gasteiger partial charge on any atom is 0.378 e. The molecule has 0 saturated carbocycles. The van der Waals surface area contributed by atoms with E-state index in [1.165, 1.54) is 0 Å². The first kappa shape index (κ1) is 9.78. The molecule has 10 heteroatoms. The summed E-state index contributed by atoms with van der Waals surface area (Å²) in [5.74, 6) is 0. The minimum absolute atomic E-state index is 1.51. The maximum atomic E-state index is 11.4. The Morgan fingerprint density at radius 3 is 1.20 bits per heavy atom. The van der Waals surface area contributed by atoms with Gasteiger partial charge < -0.3 is 0 Å². The highest BCUT2D eigenvalue weighted by molar-refractivity contribution is 8.00. The molecule has 2 radical (unpaired) electrons. The molecule has 0 aromatic rings. The summed E-state index contributed by atoms with van der Waals surface area (Å²) in [6.45, 7) is 0. The Morgan fingerprint density at radius 1 is 1.00 bits per heavy atom. The monoisotopic (exact) mass is 191 g/mol. The number of hydrogen-bond donors (Lipinski definition) is 0. The van der Waals surface area contributed by atoms with Gasteiger partial charge in [0.25, 0.3) is 0 Å². The van der Waals surface area contributed by atoms with Crippen LogP contribution in [0.4, 0.5) is 7.77 Å².